The van der Waals surface area contributed by atoms with Gasteiger partial charge in [0.1, 0.15) is 5.75 Å². The lowest BCUT2D eigenvalue weighted by atomic mass is 10.1. The number of Topliss-reactive ketones (excluding diaryl/α,β-unsaturated/α-hetero) is 1. The first-order valence-electron chi connectivity index (χ1n) is 8.08. The largest absolute Gasteiger partial charge is 0.497 e. The molecule has 4 heteroatoms. The Labute approximate surface area is 148 Å². The minimum Gasteiger partial charge on any atom is -0.497 e. The lowest BCUT2D eigenvalue weighted by molar-refractivity contribution is -0.120. The predicted octanol–water partition coefficient (Wildman–Crippen LogP) is 3.00. The van der Waals surface area contributed by atoms with Crippen LogP contribution in [0.1, 0.15) is 34.8 Å². The van der Waals surface area contributed by atoms with Crippen LogP contribution >= 0.6 is 0 Å². The van der Waals surface area contributed by atoms with Crippen LogP contribution in [0.25, 0.3) is 0 Å². The molecule has 0 aliphatic carbocycles. The highest BCUT2D eigenvalue weighted by Gasteiger charge is 2.01. The van der Waals surface area contributed by atoms with Crippen molar-refractivity contribution < 1.29 is 14.3 Å². The molecule has 0 aliphatic heterocycles. The fourth-order valence-electron chi connectivity index (χ4n) is 2.22. The highest BCUT2D eigenvalue weighted by Crippen LogP contribution is 2.12. The number of benzene rings is 2. The van der Waals surface area contributed by atoms with E-state index >= 15 is 0 Å². The molecule has 1 N–H and O–H groups in total. The van der Waals surface area contributed by atoms with Crippen molar-refractivity contribution in [1.29, 1.82) is 0 Å². The second-order valence-electron chi connectivity index (χ2n) is 5.56. The summed E-state index contributed by atoms with van der Waals surface area (Å²) < 4.78 is 5.10. The quantitative estimate of drug-likeness (QED) is 0.652. The van der Waals surface area contributed by atoms with E-state index in [0.29, 0.717) is 24.9 Å². The predicted molar refractivity (Wildman–Crippen MR) is 97.6 cm³/mol. The Morgan fingerprint density at radius 3 is 2.32 bits per heavy atom. The molecule has 0 spiro atoms. The summed E-state index contributed by atoms with van der Waals surface area (Å²) in [5, 5.41) is 2.78. The number of nitrogens with one attached hydrogen (secondary N) is 1. The van der Waals surface area contributed by atoms with E-state index in [1.54, 1.807) is 31.4 Å². The monoisotopic (exact) mass is 335 g/mol. The Morgan fingerprint density at radius 1 is 1.04 bits per heavy atom. The van der Waals surface area contributed by atoms with Gasteiger partial charge in [0.2, 0.25) is 5.91 Å². The normalized spacial score (nSPS) is 9.68. The molecule has 128 valence electrons. The molecular weight excluding hydrogens is 314 g/mol. The summed E-state index contributed by atoms with van der Waals surface area (Å²) in [5.74, 6) is 6.68. The molecule has 2 aromatic carbocycles. The molecule has 0 aromatic heterocycles. The van der Waals surface area contributed by atoms with Gasteiger partial charge in [-0.2, -0.15) is 0 Å². The van der Waals surface area contributed by atoms with Gasteiger partial charge in [-0.1, -0.05) is 36.1 Å². The first-order chi connectivity index (χ1) is 12.1. The third kappa shape index (κ3) is 6.15. The summed E-state index contributed by atoms with van der Waals surface area (Å²) >= 11 is 0. The van der Waals surface area contributed by atoms with Crippen LogP contribution < -0.4 is 10.1 Å². The van der Waals surface area contributed by atoms with Crippen LogP contribution in [-0.2, 0) is 11.2 Å². The number of hydrogen-bond donors (Lipinski definition) is 1. The number of carbonyl (C=O) groups is 2. The van der Waals surface area contributed by atoms with Gasteiger partial charge in [-0.15, -0.1) is 0 Å². The summed E-state index contributed by atoms with van der Waals surface area (Å²) in [6.07, 6.45) is 1.09. The zero-order chi connectivity index (χ0) is 18.1. The van der Waals surface area contributed by atoms with Crippen molar-refractivity contribution in [2.45, 2.75) is 19.8 Å². The number of aryl methyl sites for hydroxylation is 1. The Bertz CT molecular complexity index is 781. The highest BCUT2D eigenvalue weighted by molar-refractivity contribution is 5.94. The van der Waals surface area contributed by atoms with Crippen molar-refractivity contribution in [3.8, 4) is 17.6 Å². The van der Waals surface area contributed by atoms with Crippen LogP contribution in [0.3, 0.4) is 0 Å². The number of hydrogen-bond acceptors (Lipinski definition) is 3. The SMILES string of the molecule is COc1ccc(CCC(=O)NCC#Cc2ccc(C(C)=O)cc2)cc1. The lowest BCUT2D eigenvalue weighted by Crippen LogP contribution is -2.23. The average Bonchev–Trinajstić information content (AvgIpc) is 2.64. The van der Waals surface area contributed by atoms with Gasteiger partial charge in [-0.3, -0.25) is 9.59 Å². The topological polar surface area (TPSA) is 55.4 Å². The van der Waals surface area contributed by atoms with E-state index in [1.165, 1.54) is 6.92 Å². The van der Waals surface area contributed by atoms with E-state index in [0.717, 1.165) is 16.9 Å². The molecule has 0 saturated carbocycles. The molecular formula is C21H21NO3. The molecule has 2 aromatic rings. The fourth-order valence-corrected chi connectivity index (χ4v) is 2.22. The van der Waals surface area contributed by atoms with E-state index in [2.05, 4.69) is 17.2 Å². The van der Waals surface area contributed by atoms with E-state index in [4.69, 9.17) is 4.74 Å². The van der Waals surface area contributed by atoms with Gasteiger partial charge in [0.25, 0.3) is 0 Å². The van der Waals surface area contributed by atoms with Crippen molar-refractivity contribution in [1.82, 2.24) is 5.32 Å². The molecule has 2 rings (SSSR count). The van der Waals surface area contributed by atoms with Crippen LogP contribution in [0.5, 0.6) is 5.75 Å². The van der Waals surface area contributed by atoms with Crippen molar-refractivity contribution in [2.24, 2.45) is 0 Å². The summed E-state index contributed by atoms with van der Waals surface area (Å²) in [4.78, 5) is 23.0. The van der Waals surface area contributed by atoms with E-state index < -0.39 is 0 Å². The molecule has 0 saturated heterocycles. The smallest absolute Gasteiger partial charge is 0.221 e. The van der Waals surface area contributed by atoms with E-state index in [1.807, 2.05) is 24.3 Å². The Kier molecular flexibility index (Phi) is 6.79. The van der Waals surface area contributed by atoms with Crippen molar-refractivity contribution in [2.75, 3.05) is 13.7 Å². The number of methoxy groups -OCH3 is 1. The van der Waals surface area contributed by atoms with Crippen molar-refractivity contribution in [3.05, 3.63) is 65.2 Å². The molecule has 0 bridgehead atoms. The Morgan fingerprint density at radius 2 is 1.72 bits per heavy atom. The summed E-state index contributed by atoms with van der Waals surface area (Å²) in [6.45, 7) is 1.83. The summed E-state index contributed by atoms with van der Waals surface area (Å²) in [7, 11) is 1.63. The standard InChI is InChI=1S/C21H21NO3/c1-16(23)19-10-5-17(6-11-19)4-3-15-22-21(24)14-9-18-7-12-20(25-2)13-8-18/h5-8,10-13H,9,14-15H2,1-2H3,(H,22,24). The molecule has 4 nitrogen and oxygen atoms in total. The second-order valence-corrected chi connectivity index (χ2v) is 5.56. The number of amides is 1. The summed E-state index contributed by atoms with van der Waals surface area (Å²) in [6, 6.07) is 14.8. The summed E-state index contributed by atoms with van der Waals surface area (Å²) in [5.41, 5.74) is 2.57. The van der Waals surface area contributed by atoms with Gasteiger partial charge in [0.15, 0.2) is 5.78 Å². The maximum Gasteiger partial charge on any atom is 0.221 e. The third-order valence-electron chi connectivity index (χ3n) is 3.70. The number of ether oxygens (including phenoxy) is 1. The first-order valence-corrected chi connectivity index (χ1v) is 8.08. The maximum absolute atomic E-state index is 11.8. The van der Waals surface area contributed by atoms with Gasteiger partial charge in [0, 0.05) is 17.5 Å². The second kappa shape index (κ2) is 9.29. The molecule has 25 heavy (non-hydrogen) atoms. The molecule has 0 radical (unpaired) electrons. The van der Waals surface area contributed by atoms with Crippen molar-refractivity contribution >= 4 is 11.7 Å². The Balaban J connectivity index is 1.74. The van der Waals surface area contributed by atoms with Crippen LogP contribution in [0, 0.1) is 11.8 Å². The van der Waals surface area contributed by atoms with Gasteiger partial charge in [-0.25, -0.2) is 0 Å². The van der Waals surface area contributed by atoms with E-state index in [9.17, 15) is 9.59 Å². The van der Waals surface area contributed by atoms with Gasteiger partial charge in [0.05, 0.1) is 13.7 Å². The zero-order valence-corrected chi connectivity index (χ0v) is 14.5. The minimum absolute atomic E-state index is 0.0305. The molecule has 0 fully saturated rings. The molecule has 0 unspecified atom stereocenters. The maximum atomic E-state index is 11.8. The number of ketones is 1. The molecule has 0 atom stereocenters. The van der Waals surface area contributed by atoms with Crippen LogP contribution in [0.2, 0.25) is 0 Å². The van der Waals surface area contributed by atoms with Crippen molar-refractivity contribution in [3.63, 3.8) is 0 Å². The van der Waals surface area contributed by atoms with Gasteiger partial charge < -0.3 is 10.1 Å². The minimum atomic E-state index is -0.0305. The number of rotatable bonds is 6. The number of carbonyl (C=O) groups excluding carboxylic acids is 2. The zero-order valence-electron chi connectivity index (χ0n) is 14.5. The molecule has 0 aliphatic rings. The first kappa shape index (κ1) is 18.3. The van der Waals surface area contributed by atoms with Crippen LogP contribution in [0.4, 0.5) is 0 Å². The highest BCUT2D eigenvalue weighted by atomic mass is 16.5. The molecule has 0 heterocycles. The fraction of sp³-hybridized carbons (Fsp3) is 0.238. The average molecular weight is 335 g/mol. The van der Waals surface area contributed by atoms with E-state index in [-0.39, 0.29) is 11.7 Å². The van der Waals surface area contributed by atoms with Gasteiger partial charge in [-0.05, 0) is 43.2 Å². The lowest BCUT2D eigenvalue weighted by Gasteiger charge is -2.03. The third-order valence-corrected chi connectivity index (χ3v) is 3.70. The van der Waals surface area contributed by atoms with Gasteiger partial charge >= 0.3 is 0 Å². The van der Waals surface area contributed by atoms with Crippen LogP contribution in [-0.4, -0.2) is 25.3 Å². The Hall–Kier alpha value is -3.06. The van der Waals surface area contributed by atoms with Crippen LogP contribution in [0.15, 0.2) is 48.5 Å². The molecule has 1 amide bonds.